The number of rotatable bonds is 5. The van der Waals surface area contributed by atoms with E-state index < -0.39 is 0 Å². The van der Waals surface area contributed by atoms with Gasteiger partial charge >= 0.3 is 5.97 Å². The summed E-state index contributed by atoms with van der Waals surface area (Å²) in [5, 5.41) is 3.48. The molecule has 0 atom stereocenters. The summed E-state index contributed by atoms with van der Waals surface area (Å²) in [6, 6.07) is 7.72. The highest BCUT2D eigenvalue weighted by atomic mass is 35.5. The van der Waals surface area contributed by atoms with Gasteiger partial charge < -0.3 is 9.64 Å². The van der Waals surface area contributed by atoms with Crippen molar-refractivity contribution in [3.05, 3.63) is 45.9 Å². The Labute approximate surface area is 127 Å². The molecule has 0 radical (unpaired) electrons. The molecule has 1 aromatic heterocycles. The molecule has 0 fully saturated rings. The number of aromatic nitrogens is 1. The highest BCUT2D eigenvalue weighted by molar-refractivity contribution is 7.13. The Kier molecular flexibility index (Phi) is 4.98. The van der Waals surface area contributed by atoms with Crippen molar-refractivity contribution in [2.24, 2.45) is 0 Å². The van der Waals surface area contributed by atoms with Gasteiger partial charge in [-0.3, -0.25) is 4.79 Å². The average Bonchev–Trinajstić information content (AvgIpc) is 2.89. The summed E-state index contributed by atoms with van der Waals surface area (Å²) in [7, 11) is 3.34. The number of carbonyl (C=O) groups is 1. The van der Waals surface area contributed by atoms with E-state index in [2.05, 4.69) is 9.72 Å². The molecule has 0 aliphatic heterocycles. The lowest BCUT2D eigenvalue weighted by molar-refractivity contribution is -0.139. The third kappa shape index (κ3) is 3.95. The number of esters is 1. The first kappa shape index (κ1) is 14.8. The van der Waals surface area contributed by atoms with Crippen LogP contribution in [-0.4, -0.2) is 25.1 Å². The number of hydrogen-bond acceptors (Lipinski definition) is 5. The molecule has 0 saturated heterocycles. The minimum atomic E-state index is -0.276. The Morgan fingerprint density at radius 3 is 2.75 bits per heavy atom. The number of nitrogens with zero attached hydrogens (tertiary/aromatic N) is 2. The fourth-order valence-electron chi connectivity index (χ4n) is 1.70. The van der Waals surface area contributed by atoms with E-state index in [9.17, 15) is 4.79 Å². The number of thiazole rings is 1. The summed E-state index contributed by atoms with van der Waals surface area (Å²) < 4.78 is 4.63. The number of methoxy groups -OCH3 is 1. The molecule has 0 aliphatic carbocycles. The number of benzene rings is 1. The second-order valence-electron chi connectivity index (χ2n) is 4.36. The Bertz CT molecular complexity index is 583. The molecule has 0 aliphatic rings. The van der Waals surface area contributed by atoms with Crippen LogP contribution in [0.25, 0.3) is 0 Å². The topological polar surface area (TPSA) is 42.4 Å². The molecule has 0 saturated carbocycles. The monoisotopic (exact) mass is 310 g/mol. The van der Waals surface area contributed by atoms with Gasteiger partial charge in [-0.15, -0.1) is 11.3 Å². The van der Waals surface area contributed by atoms with Crippen molar-refractivity contribution in [1.82, 2.24) is 4.98 Å². The fourth-order valence-corrected chi connectivity index (χ4v) is 2.62. The third-order valence-corrected chi connectivity index (χ3v) is 4.01. The zero-order chi connectivity index (χ0) is 14.5. The van der Waals surface area contributed by atoms with Gasteiger partial charge in [0.15, 0.2) is 5.13 Å². The van der Waals surface area contributed by atoms with Crippen LogP contribution in [0.5, 0.6) is 0 Å². The maximum absolute atomic E-state index is 11.2. The molecule has 0 bridgehead atoms. The third-order valence-electron chi connectivity index (χ3n) is 2.75. The van der Waals surface area contributed by atoms with Crippen molar-refractivity contribution in [3.8, 4) is 0 Å². The summed E-state index contributed by atoms with van der Waals surface area (Å²) in [4.78, 5) is 17.7. The Morgan fingerprint density at radius 1 is 1.40 bits per heavy atom. The van der Waals surface area contributed by atoms with Crippen LogP contribution < -0.4 is 4.90 Å². The molecule has 0 N–H and O–H groups in total. The highest BCUT2D eigenvalue weighted by Crippen LogP contribution is 2.22. The lowest BCUT2D eigenvalue weighted by atomic mass is 10.2. The molecule has 1 aromatic carbocycles. The van der Waals surface area contributed by atoms with E-state index in [-0.39, 0.29) is 12.4 Å². The second-order valence-corrected chi connectivity index (χ2v) is 5.63. The molecule has 2 aromatic rings. The number of ether oxygens (including phenoxy) is 1. The molecule has 6 heteroatoms. The van der Waals surface area contributed by atoms with Gasteiger partial charge in [0.05, 0.1) is 19.2 Å². The van der Waals surface area contributed by atoms with Crippen LogP contribution in [0, 0.1) is 0 Å². The quantitative estimate of drug-likeness (QED) is 0.796. The molecule has 106 valence electrons. The van der Waals surface area contributed by atoms with E-state index in [4.69, 9.17) is 11.6 Å². The number of halogens is 1. The average molecular weight is 311 g/mol. The van der Waals surface area contributed by atoms with Crippen LogP contribution in [0.2, 0.25) is 5.02 Å². The van der Waals surface area contributed by atoms with Gasteiger partial charge in [0, 0.05) is 24.0 Å². The normalized spacial score (nSPS) is 10.3. The van der Waals surface area contributed by atoms with Crippen molar-refractivity contribution in [3.63, 3.8) is 0 Å². The van der Waals surface area contributed by atoms with E-state index in [1.807, 2.05) is 41.6 Å². The van der Waals surface area contributed by atoms with Crippen molar-refractivity contribution < 1.29 is 9.53 Å². The van der Waals surface area contributed by atoms with E-state index in [1.54, 1.807) is 0 Å². The molecule has 0 amide bonds. The van der Waals surface area contributed by atoms with Crippen LogP contribution >= 0.6 is 22.9 Å². The minimum absolute atomic E-state index is 0.210. The van der Waals surface area contributed by atoms with Crippen molar-refractivity contribution in [1.29, 1.82) is 0 Å². The maximum Gasteiger partial charge on any atom is 0.311 e. The van der Waals surface area contributed by atoms with Gasteiger partial charge in [0.2, 0.25) is 0 Å². The lowest BCUT2D eigenvalue weighted by Gasteiger charge is -2.15. The summed E-state index contributed by atoms with van der Waals surface area (Å²) in [6.45, 7) is 0.738. The Morgan fingerprint density at radius 2 is 2.10 bits per heavy atom. The maximum atomic E-state index is 11.2. The van der Waals surface area contributed by atoms with E-state index in [1.165, 1.54) is 18.4 Å². The van der Waals surface area contributed by atoms with Gasteiger partial charge in [-0.25, -0.2) is 4.98 Å². The smallest absolute Gasteiger partial charge is 0.311 e. The van der Waals surface area contributed by atoms with E-state index >= 15 is 0 Å². The van der Waals surface area contributed by atoms with E-state index in [0.29, 0.717) is 0 Å². The molecular weight excluding hydrogens is 296 g/mol. The number of anilines is 1. The van der Waals surface area contributed by atoms with Gasteiger partial charge in [0.1, 0.15) is 0 Å². The van der Waals surface area contributed by atoms with Gasteiger partial charge in [0.25, 0.3) is 0 Å². The standard InChI is InChI=1S/C14H15ClN2O2S/c1-17(8-10-3-5-11(15)6-4-10)14-16-12(9-20-14)7-13(18)19-2/h3-6,9H,7-8H2,1-2H3. The molecule has 0 spiro atoms. The predicted octanol–water partition coefficient (Wildman–Crippen LogP) is 3.15. The van der Waals surface area contributed by atoms with Crippen LogP contribution in [0.1, 0.15) is 11.3 Å². The number of carbonyl (C=O) groups excluding carboxylic acids is 1. The summed E-state index contributed by atoms with van der Waals surface area (Å²) >= 11 is 7.38. The summed E-state index contributed by atoms with van der Waals surface area (Å²) in [5.41, 5.74) is 1.89. The molecule has 0 unspecified atom stereocenters. The molecule has 2 rings (SSSR count). The van der Waals surface area contributed by atoms with Crippen LogP contribution in [-0.2, 0) is 22.5 Å². The van der Waals surface area contributed by atoms with Crippen LogP contribution in [0.15, 0.2) is 29.6 Å². The number of hydrogen-bond donors (Lipinski definition) is 0. The molecular formula is C14H15ClN2O2S. The van der Waals surface area contributed by atoms with Crippen LogP contribution in [0.4, 0.5) is 5.13 Å². The SMILES string of the molecule is COC(=O)Cc1csc(N(C)Cc2ccc(Cl)cc2)n1. The molecule has 20 heavy (non-hydrogen) atoms. The minimum Gasteiger partial charge on any atom is -0.469 e. The Balaban J connectivity index is 2.00. The molecule has 4 nitrogen and oxygen atoms in total. The van der Waals surface area contributed by atoms with E-state index in [0.717, 1.165) is 28.0 Å². The van der Waals surface area contributed by atoms with Gasteiger partial charge in [-0.05, 0) is 17.7 Å². The first-order valence-electron chi connectivity index (χ1n) is 6.05. The van der Waals surface area contributed by atoms with Crippen molar-refractivity contribution in [2.75, 3.05) is 19.1 Å². The second kappa shape index (κ2) is 6.72. The van der Waals surface area contributed by atoms with Gasteiger partial charge in [-0.1, -0.05) is 23.7 Å². The lowest BCUT2D eigenvalue weighted by Crippen LogP contribution is -2.16. The molecule has 1 heterocycles. The Hall–Kier alpha value is -1.59. The highest BCUT2D eigenvalue weighted by Gasteiger charge is 2.10. The predicted molar refractivity (Wildman–Crippen MR) is 81.4 cm³/mol. The van der Waals surface area contributed by atoms with Crippen LogP contribution in [0.3, 0.4) is 0 Å². The zero-order valence-electron chi connectivity index (χ0n) is 11.3. The van der Waals surface area contributed by atoms with Crippen molar-refractivity contribution in [2.45, 2.75) is 13.0 Å². The van der Waals surface area contributed by atoms with Crippen molar-refractivity contribution >= 4 is 34.0 Å². The fraction of sp³-hybridized carbons (Fsp3) is 0.286. The first-order chi connectivity index (χ1) is 9.58. The first-order valence-corrected chi connectivity index (χ1v) is 7.31. The summed E-state index contributed by atoms with van der Waals surface area (Å²) in [5.74, 6) is -0.276. The zero-order valence-corrected chi connectivity index (χ0v) is 12.9. The summed E-state index contributed by atoms with van der Waals surface area (Å²) in [6.07, 6.45) is 0.210. The largest absolute Gasteiger partial charge is 0.469 e. The van der Waals surface area contributed by atoms with Gasteiger partial charge in [-0.2, -0.15) is 0 Å².